The number of anilines is 3. The number of nitrogen functional groups attached to an aromatic ring is 1. The quantitative estimate of drug-likeness (QED) is 0.408. The Morgan fingerprint density at radius 2 is 1.83 bits per heavy atom. The van der Waals surface area contributed by atoms with E-state index in [0.29, 0.717) is 18.5 Å². The van der Waals surface area contributed by atoms with Crippen LogP contribution in [0.2, 0.25) is 0 Å². The summed E-state index contributed by atoms with van der Waals surface area (Å²) in [6.45, 7) is 5.70. The van der Waals surface area contributed by atoms with Gasteiger partial charge in [0.05, 0.1) is 4.92 Å². The zero-order valence-electron chi connectivity index (χ0n) is 20.4. The number of nitro groups is 1. The largest absolute Gasteiger partial charge is 0.383 e. The van der Waals surface area contributed by atoms with Crippen molar-refractivity contribution in [2.24, 2.45) is 0 Å². The summed E-state index contributed by atoms with van der Waals surface area (Å²) in [6.07, 6.45) is 6.00. The molecule has 3 N–H and O–H groups in total. The normalized spacial score (nSPS) is 13.9. The highest BCUT2D eigenvalue weighted by atomic mass is 16.6. The van der Waals surface area contributed by atoms with Crippen molar-refractivity contribution < 1.29 is 9.72 Å². The van der Waals surface area contributed by atoms with E-state index in [1.807, 2.05) is 18.7 Å². The maximum atomic E-state index is 13.6. The fourth-order valence-electron chi connectivity index (χ4n) is 4.45. The van der Waals surface area contributed by atoms with Crippen molar-refractivity contribution >= 4 is 28.8 Å². The van der Waals surface area contributed by atoms with Crippen LogP contribution in [0.4, 0.5) is 22.9 Å². The van der Waals surface area contributed by atoms with Crippen LogP contribution in [0.15, 0.2) is 27.8 Å². The van der Waals surface area contributed by atoms with Crippen LogP contribution in [0.5, 0.6) is 0 Å². The number of nitrogens with two attached hydrogens (primary N) is 1. The van der Waals surface area contributed by atoms with Crippen LogP contribution in [-0.4, -0.2) is 40.0 Å². The topological polar surface area (TPSA) is 148 Å². The lowest BCUT2D eigenvalue weighted by Gasteiger charge is -2.25. The smallest absolute Gasteiger partial charge is 0.330 e. The standard InChI is InChI=1S/C24H34N6O5/c1-3-5-15-28(20-21(25)29(12-4-2)24(33)26-22(20)31)23(32)17-10-11-18(19(16-17)30(34)35)27-13-8-6-7-9-14-27/h10-11,16H,3-9,12-15,25H2,1-2H3,(H,26,31,33). The number of aromatic amines is 1. The van der Waals surface area contributed by atoms with Gasteiger partial charge in [0, 0.05) is 37.8 Å². The number of nitrogens with zero attached hydrogens (tertiary/aromatic N) is 4. The Morgan fingerprint density at radius 1 is 1.14 bits per heavy atom. The summed E-state index contributed by atoms with van der Waals surface area (Å²) in [5.41, 5.74) is 5.11. The molecule has 0 saturated carbocycles. The summed E-state index contributed by atoms with van der Waals surface area (Å²) in [4.78, 5) is 55.6. The number of H-pyrrole nitrogens is 1. The van der Waals surface area contributed by atoms with Gasteiger partial charge in [-0.1, -0.05) is 33.1 Å². The predicted molar refractivity (Wildman–Crippen MR) is 136 cm³/mol. The van der Waals surface area contributed by atoms with Crippen molar-refractivity contribution in [2.75, 3.05) is 35.2 Å². The first-order chi connectivity index (χ1) is 16.8. The summed E-state index contributed by atoms with van der Waals surface area (Å²) in [6, 6.07) is 4.44. The number of rotatable bonds is 9. The van der Waals surface area contributed by atoms with E-state index >= 15 is 0 Å². The van der Waals surface area contributed by atoms with Gasteiger partial charge in [-0.15, -0.1) is 0 Å². The second kappa shape index (κ2) is 11.7. The summed E-state index contributed by atoms with van der Waals surface area (Å²) in [5, 5.41) is 11.9. The third-order valence-corrected chi connectivity index (χ3v) is 6.28. The van der Waals surface area contributed by atoms with Crippen molar-refractivity contribution in [1.82, 2.24) is 9.55 Å². The fraction of sp³-hybridized carbons (Fsp3) is 0.542. The second-order valence-corrected chi connectivity index (χ2v) is 8.82. The van der Waals surface area contributed by atoms with Crippen molar-refractivity contribution in [3.8, 4) is 0 Å². The molecule has 0 bridgehead atoms. The Kier molecular flexibility index (Phi) is 8.67. The number of carbonyl (C=O) groups is 1. The highest BCUT2D eigenvalue weighted by Crippen LogP contribution is 2.32. The third-order valence-electron chi connectivity index (χ3n) is 6.28. The minimum Gasteiger partial charge on any atom is -0.383 e. The molecule has 190 valence electrons. The van der Waals surface area contributed by atoms with Gasteiger partial charge in [0.2, 0.25) is 0 Å². The lowest BCUT2D eigenvalue weighted by atomic mass is 10.1. The number of amides is 1. The molecule has 0 spiro atoms. The highest BCUT2D eigenvalue weighted by Gasteiger charge is 2.28. The number of hydrogen-bond acceptors (Lipinski definition) is 7. The average molecular weight is 487 g/mol. The van der Waals surface area contributed by atoms with E-state index in [1.165, 1.54) is 15.5 Å². The van der Waals surface area contributed by atoms with Crippen LogP contribution >= 0.6 is 0 Å². The number of nitrogens with one attached hydrogen (secondary N) is 1. The minimum atomic E-state index is -0.764. The fourth-order valence-corrected chi connectivity index (χ4v) is 4.45. The van der Waals surface area contributed by atoms with E-state index in [1.54, 1.807) is 12.1 Å². The molecule has 0 atom stereocenters. The van der Waals surface area contributed by atoms with Gasteiger partial charge in [-0.3, -0.25) is 29.3 Å². The van der Waals surface area contributed by atoms with Crippen LogP contribution in [0, 0.1) is 10.1 Å². The first-order valence-electron chi connectivity index (χ1n) is 12.3. The molecule has 1 amide bonds. The summed E-state index contributed by atoms with van der Waals surface area (Å²) < 4.78 is 1.23. The van der Waals surface area contributed by atoms with Crippen molar-refractivity contribution in [2.45, 2.75) is 65.3 Å². The molecule has 1 aromatic carbocycles. The predicted octanol–water partition coefficient (Wildman–Crippen LogP) is 3.26. The molecule has 3 rings (SSSR count). The number of hydrogen-bond donors (Lipinski definition) is 2. The van der Waals surface area contributed by atoms with Crippen LogP contribution in [0.3, 0.4) is 0 Å². The van der Waals surface area contributed by atoms with Gasteiger partial charge in [-0.05, 0) is 37.8 Å². The van der Waals surface area contributed by atoms with Crippen molar-refractivity contribution in [1.29, 1.82) is 0 Å². The second-order valence-electron chi connectivity index (χ2n) is 8.82. The third kappa shape index (κ3) is 5.72. The summed E-state index contributed by atoms with van der Waals surface area (Å²) in [7, 11) is 0. The minimum absolute atomic E-state index is 0.0819. The molecule has 1 saturated heterocycles. The van der Waals surface area contributed by atoms with E-state index < -0.39 is 22.1 Å². The molecule has 1 aliphatic heterocycles. The van der Waals surface area contributed by atoms with Crippen LogP contribution in [-0.2, 0) is 6.54 Å². The van der Waals surface area contributed by atoms with E-state index in [2.05, 4.69) is 4.98 Å². The average Bonchev–Trinajstić information content (AvgIpc) is 3.12. The van der Waals surface area contributed by atoms with E-state index in [9.17, 15) is 24.5 Å². The zero-order valence-corrected chi connectivity index (χ0v) is 20.4. The van der Waals surface area contributed by atoms with Gasteiger partial charge in [-0.25, -0.2) is 4.79 Å². The van der Waals surface area contributed by atoms with Gasteiger partial charge in [0.15, 0.2) is 5.69 Å². The number of unbranched alkanes of at least 4 members (excludes halogenated alkanes) is 1. The lowest BCUT2D eigenvalue weighted by Crippen LogP contribution is -2.41. The molecule has 2 heterocycles. The first kappa shape index (κ1) is 26.0. The lowest BCUT2D eigenvalue weighted by molar-refractivity contribution is -0.384. The maximum Gasteiger partial charge on any atom is 0.330 e. The molecule has 1 aromatic heterocycles. The number of carbonyl (C=O) groups excluding carboxylic acids is 1. The SMILES string of the molecule is CCCCN(C(=O)c1ccc(N2CCCCCC2)c([N+](=O)[O-])c1)c1c(N)n(CCC)c(=O)[nH]c1=O. The Labute approximate surface area is 203 Å². The first-order valence-corrected chi connectivity index (χ1v) is 12.3. The van der Waals surface area contributed by atoms with E-state index in [4.69, 9.17) is 5.73 Å². The molecule has 2 aromatic rings. The molecule has 0 aliphatic carbocycles. The number of aromatic nitrogens is 2. The Morgan fingerprint density at radius 3 is 2.43 bits per heavy atom. The molecule has 11 nitrogen and oxygen atoms in total. The van der Waals surface area contributed by atoms with Gasteiger partial charge >= 0.3 is 5.69 Å². The van der Waals surface area contributed by atoms with Gasteiger partial charge in [0.1, 0.15) is 11.5 Å². The molecule has 0 unspecified atom stereocenters. The monoisotopic (exact) mass is 486 g/mol. The molecular weight excluding hydrogens is 452 g/mol. The molecule has 1 aliphatic rings. The van der Waals surface area contributed by atoms with Gasteiger partial charge in [0.25, 0.3) is 17.2 Å². The Balaban J connectivity index is 2.08. The highest BCUT2D eigenvalue weighted by molar-refractivity contribution is 6.08. The number of benzene rings is 1. The molecule has 11 heteroatoms. The van der Waals surface area contributed by atoms with E-state index in [-0.39, 0.29) is 35.8 Å². The number of nitro benzene ring substituents is 1. The van der Waals surface area contributed by atoms with E-state index in [0.717, 1.165) is 45.2 Å². The van der Waals surface area contributed by atoms with Gasteiger partial charge in [-0.2, -0.15) is 0 Å². The Hall–Kier alpha value is -3.63. The molecular formula is C24H34N6O5. The zero-order chi connectivity index (χ0) is 25.5. The Bertz CT molecular complexity index is 1180. The summed E-state index contributed by atoms with van der Waals surface area (Å²) >= 11 is 0. The van der Waals surface area contributed by atoms with Crippen LogP contribution in [0.1, 0.15) is 69.2 Å². The molecule has 35 heavy (non-hydrogen) atoms. The van der Waals surface area contributed by atoms with Crippen LogP contribution < -0.4 is 26.8 Å². The van der Waals surface area contributed by atoms with Crippen molar-refractivity contribution in [3.63, 3.8) is 0 Å². The van der Waals surface area contributed by atoms with Crippen molar-refractivity contribution in [3.05, 3.63) is 54.7 Å². The molecule has 0 radical (unpaired) electrons. The van der Waals surface area contributed by atoms with Crippen LogP contribution in [0.25, 0.3) is 0 Å². The molecule has 1 fully saturated rings. The van der Waals surface area contributed by atoms with Gasteiger partial charge < -0.3 is 15.5 Å². The summed E-state index contributed by atoms with van der Waals surface area (Å²) in [5.74, 6) is -0.677. The maximum absolute atomic E-state index is 13.6.